The molecule has 1 saturated heterocycles. The smallest absolute Gasteiger partial charge is 0.162 e. The number of hydrogen-bond acceptors (Lipinski definition) is 4. The summed E-state index contributed by atoms with van der Waals surface area (Å²) < 4.78 is 16.6. The number of nitrogens with one attached hydrogen (secondary N) is 1. The zero-order chi connectivity index (χ0) is 13.0. The van der Waals surface area contributed by atoms with Crippen LogP contribution < -0.4 is 5.32 Å². The molecule has 102 valence electrons. The average molecular weight is 253 g/mol. The minimum absolute atomic E-state index is 0.282. The van der Waals surface area contributed by atoms with Gasteiger partial charge in [0.25, 0.3) is 0 Å². The summed E-state index contributed by atoms with van der Waals surface area (Å²) in [7, 11) is 0. The van der Waals surface area contributed by atoms with Crippen molar-refractivity contribution in [1.29, 1.82) is 0 Å². The van der Waals surface area contributed by atoms with Gasteiger partial charge in [0.2, 0.25) is 0 Å². The van der Waals surface area contributed by atoms with Crippen LogP contribution in [0.3, 0.4) is 0 Å². The van der Waals surface area contributed by atoms with Gasteiger partial charge in [-0.2, -0.15) is 0 Å². The highest BCUT2D eigenvalue weighted by Crippen LogP contribution is 2.17. The molecule has 0 aromatic carbocycles. The van der Waals surface area contributed by atoms with Crippen molar-refractivity contribution in [2.45, 2.75) is 51.5 Å². The summed E-state index contributed by atoms with van der Waals surface area (Å²) in [6, 6.07) is 4.65. The van der Waals surface area contributed by atoms with Crippen LogP contribution in [0.2, 0.25) is 0 Å². The third-order valence-electron chi connectivity index (χ3n) is 3.19. The summed E-state index contributed by atoms with van der Waals surface area (Å²) in [5, 5.41) is 3.53. The largest absolute Gasteiger partial charge is 0.469 e. The van der Waals surface area contributed by atoms with Gasteiger partial charge in [-0.1, -0.05) is 0 Å². The molecule has 0 amide bonds. The molecule has 18 heavy (non-hydrogen) atoms. The van der Waals surface area contributed by atoms with Gasteiger partial charge in [0.05, 0.1) is 25.5 Å². The van der Waals surface area contributed by atoms with Crippen LogP contribution >= 0.6 is 0 Å². The van der Waals surface area contributed by atoms with E-state index in [4.69, 9.17) is 13.9 Å². The van der Waals surface area contributed by atoms with E-state index in [1.165, 1.54) is 0 Å². The number of hydrogen-bond donors (Lipinski definition) is 1. The molecule has 1 aliphatic rings. The molecule has 2 heterocycles. The van der Waals surface area contributed by atoms with E-state index in [0.29, 0.717) is 19.3 Å². The fourth-order valence-electron chi connectivity index (χ4n) is 2.09. The van der Waals surface area contributed by atoms with Crippen LogP contribution in [0.1, 0.15) is 33.0 Å². The number of rotatable bonds is 5. The van der Waals surface area contributed by atoms with Crippen LogP contribution in [0.15, 0.2) is 22.8 Å². The molecule has 0 saturated carbocycles. The molecule has 1 fully saturated rings. The first-order valence-electron chi connectivity index (χ1n) is 6.61. The maximum Gasteiger partial charge on any atom is 0.162 e. The molecule has 1 unspecified atom stereocenters. The first-order chi connectivity index (χ1) is 8.55. The molecule has 4 nitrogen and oxygen atoms in total. The minimum atomic E-state index is -0.435. The SMILES string of the molecule is CC(CCc1ccco1)NC1COC(C)(C)OC1. The highest BCUT2D eigenvalue weighted by molar-refractivity contribution is 4.98. The second kappa shape index (κ2) is 5.87. The van der Waals surface area contributed by atoms with Crippen molar-refractivity contribution in [2.75, 3.05) is 13.2 Å². The van der Waals surface area contributed by atoms with Crippen LogP contribution in [0.5, 0.6) is 0 Å². The van der Waals surface area contributed by atoms with Crippen molar-refractivity contribution in [1.82, 2.24) is 5.32 Å². The molecule has 0 aliphatic carbocycles. The van der Waals surface area contributed by atoms with E-state index in [9.17, 15) is 0 Å². The molecule has 1 aromatic rings. The molecule has 1 N–H and O–H groups in total. The van der Waals surface area contributed by atoms with Crippen molar-refractivity contribution < 1.29 is 13.9 Å². The highest BCUT2D eigenvalue weighted by Gasteiger charge is 2.28. The molecule has 1 aromatic heterocycles. The van der Waals surface area contributed by atoms with E-state index in [1.54, 1.807) is 6.26 Å². The Kier molecular flexibility index (Phi) is 4.43. The lowest BCUT2D eigenvalue weighted by Gasteiger charge is -2.36. The van der Waals surface area contributed by atoms with E-state index < -0.39 is 5.79 Å². The van der Waals surface area contributed by atoms with Gasteiger partial charge >= 0.3 is 0 Å². The van der Waals surface area contributed by atoms with Gasteiger partial charge in [-0.25, -0.2) is 0 Å². The van der Waals surface area contributed by atoms with Gasteiger partial charge in [0.15, 0.2) is 5.79 Å². The lowest BCUT2D eigenvalue weighted by molar-refractivity contribution is -0.253. The predicted molar refractivity (Wildman–Crippen MR) is 69.4 cm³/mol. The zero-order valence-corrected chi connectivity index (χ0v) is 11.4. The molecule has 2 rings (SSSR count). The molecule has 0 radical (unpaired) electrons. The molecule has 1 atom stereocenters. The van der Waals surface area contributed by atoms with E-state index in [-0.39, 0.29) is 6.04 Å². The van der Waals surface area contributed by atoms with E-state index in [1.807, 2.05) is 26.0 Å². The topological polar surface area (TPSA) is 43.6 Å². The summed E-state index contributed by atoms with van der Waals surface area (Å²) in [6.07, 6.45) is 3.73. The van der Waals surface area contributed by atoms with Crippen molar-refractivity contribution in [2.24, 2.45) is 0 Å². The van der Waals surface area contributed by atoms with Gasteiger partial charge in [-0.15, -0.1) is 0 Å². The van der Waals surface area contributed by atoms with Gasteiger partial charge in [0.1, 0.15) is 5.76 Å². The fourth-order valence-corrected chi connectivity index (χ4v) is 2.09. The lowest BCUT2D eigenvalue weighted by Crippen LogP contribution is -2.50. The Hall–Kier alpha value is -0.840. The second-order valence-electron chi connectivity index (χ2n) is 5.40. The van der Waals surface area contributed by atoms with Crippen LogP contribution in [0.4, 0.5) is 0 Å². The van der Waals surface area contributed by atoms with Gasteiger partial charge in [-0.05, 0) is 39.3 Å². The Bertz CT molecular complexity index is 338. The molecule has 0 bridgehead atoms. The van der Waals surface area contributed by atoms with E-state index in [2.05, 4.69) is 12.2 Å². The van der Waals surface area contributed by atoms with Crippen molar-refractivity contribution in [3.8, 4) is 0 Å². The fraction of sp³-hybridized carbons (Fsp3) is 0.714. The summed E-state index contributed by atoms with van der Waals surface area (Å²) in [6.45, 7) is 7.49. The van der Waals surface area contributed by atoms with Crippen molar-refractivity contribution in [3.63, 3.8) is 0 Å². The Labute approximate surface area is 109 Å². The van der Waals surface area contributed by atoms with Crippen LogP contribution in [0, 0.1) is 0 Å². The average Bonchev–Trinajstić information content (AvgIpc) is 2.82. The van der Waals surface area contributed by atoms with E-state index >= 15 is 0 Å². The first kappa shape index (κ1) is 13.6. The maximum atomic E-state index is 5.63. The Morgan fingerprint density at radius 2 is 2.11 bits per heavy atom. The number of aryl methyl sites for hydroxylation is 1. The van der Waals surface area contributed by atoms with Gasteiger partial charge < -0.3 is 19.2 Å². The van der Waals surface area contributed by atoms with Crippen LogP contribution in [-0.4, -0.2) is 31.1 Å². The molecule has 0 spiro atoms. The summed E-state index contributed by atoms with van der Waals surface area (Å²) >= 11 is 0. The van der Waals surface area contributed by atoms with E-state index in [0.717, 1.165) is 18.6 Å². The van der Waals surface area contributed by atoms with Crippen molar-refractivity contribution in [3.05, 3.63) is 24.2 Å². The molecule has 4 heteroatoms. The quantitative estimate of drug-likeness (QED) is 0.874. The van der Waals surface area contributed by atoms with Crippen molar-refractivity contribution >= 4 is 0 Å². The third kappa shape index (κ3) is 4.12. The highest BCUT2D eigenvalue weighted by atomic mass is 16.7. The summed E-state index contributed by atoms with van der Waals surface area (Å²) in [4.78, 5) is 0. The molecular weight excluding hydrogens is 230 g/mol. The Morgan fingerprint density at radius 1 is 1.39 bits per heavy atom. The van der Waals surface area contributed by atoms with Crippen LogP contribution in [-0.2, 0) is 15.9 Å². The third-order valence-corrected chi connectivity index (χ3v) is 3.19. The minimum Gasteiger partial charge on any atom is -0.469 e. The lowest BCUT2D eigenvalue weighted by atomic mass is 10.1. The Morgan fingerprint density at radius 3 is 2.72 bits per heavy atom. The predicted octanol–water partition coefficient (Wildman–Crippen LogP) is 2.34. The molecule has 1 aliphatic heterocycles. The number of furan rings is 1. The van der Waals surface area contributed by atoms with Gasteiger partial charge in [-0.3, -0.25) is 0 Å². The summed E-state index contributed by atoms with van der Waals surface area (Å²) in [5.41, 5.74) is 0. The standard InChI is InChI=1S/C14H23NO3/c1-11(6-7-13-5-4-8-16-13)15-12-9-17-14(2,3)18-10-12/h4-5,8,11-12,15H,6-7,9-10H2,1-3H3. The number of ether oxygens (including phenoxy) is 2. The first-order valence-corrected chi connectivity index (χ1v) is 6.61. The summed E-state index contributed by atoms with van der Waals surface area (Å²) in [5.74, 6) is 0.608. The van der Waals surface area contributed by atoms with Gasteiger partial charge in [0, 0.05) is 12.5 Å². The Balaban J connectivity index is 1.67. The monoisotopic (exact) mass is 253 g/mol. The normalized spacial score (nSPS) is 21.9. The van der Waals surface area contributed by atoms with Crippen LogP contribution in [0.25, 0.3) is 0 Å². The molecular formula is C14H23NO3. The second-order valence-corrected chi connectivity index (χ2v) is 5.40. The maximum absolute atomic E-state index is 5.63. The zero-order valence-electron chi connectivity index (χ0n) is 11.4.